The van der Waals surface area contributed by atoms with Crippen LogP contribution in [0.1, 0.15) is 28.6 Å². The van der Waals surface area contributed by atoms with Crippen molar-refractivity contribution in [3.05, 3.63) is 66.4 Å². The standard InChI is InChI=1S/C18H18N8OS/c1-28-11-9-14(17-22-21-16-8-4-5-10-25(16)17)20-18(27)13-6-2-3-7-15(13)26-12-19-23-24-26/h2-8,10,12,14H,9,11H2,1H3,(H,20,27)/t14-/m0/s1. The van der Waals surface area contributed by atoms with Crippen molar-refractivity contribution in [3.63, 3.8) is 0 Å². The van der Waals surface area contributed by atoms with Crippen molar-refractivity contribution in [1.82, 2.24) is 40.1 Å². The van der Waals surface area contributed by atoms with Crippen LogP contribution in [0.3, 0.4) is 0 Å². The minimum absolute atomic E-state index is 0.218. The van der Waals surface area contributed by atoms with Gasteiger partial charge in [-0.3, -0.25) is 9.20 Å². The molecule has 0 spiro atoms. The fourth-order valence-corrected chi connectivity index (χ4v) is 3.44. The molecule has 10 heteroatoms. The van der Waals surface area contributed by atoms with Gasteiger partial charge in [0, 0.05) is 6.20 Å². The number of pyridine rings is 1. The van der Waals surface area contributed by atoms with Gasteiger partial charge in [0.15, 0.2) is 11.5 Å². The second-order valence-electron chi connectivity index (χ2n) is 6.07. The van der Waals surface area contributed by atoms with E-state index in [0.29, 0.717) is 17.1 Å². The zero-order valence-electron chi connectivity index (χ0n) is 15.1. The summed E-state index contributed by atoms with van der Waals surface area (Å²) in [7, 11) is 0. The Kier molecular flexibility index (Phi) is 5.29. The Morgan fingerprint density at radius 1 is 1.18 bits per heavy atom. The number of fused-ring (bicyclic) bond motifs is 1. The number of carbonyl (C=O) groups excluding carboxylic acids is 1. The first kappa shape index (κ1) is 18.1. The number of carbonyl (C=O) groups is 1. The topological polar surface area (TPSA) is 103 Å². The number of hydrogen-bond donors (Lipinski definition) is 1. The summed E-state index contributed by atoms with van der Waals surface area (Å²) in [5, 5.41) is 22.8. The Balaban J connectivity index is 1.66. The van der Waals surface area contributed by atoms with Gasteiger partial charge in [-0.25, -0.2) is 0 Å². The number of nitrogens with zero attached hydrogens (tertiary/aromatic N) is 7. The number of nitrogens with one attached hydrogen (secondary N) is 1. The quantitative estimate of drug-likeness (QED) is 0.511. The molecule has 1 aromatic carbocycles. The molecule has 142 valence electrons. The number of tetrazole rings is 1. The van der Waals surface area contributed by atoms with Crippen molar-refractivity contribution < 1.29 is 4.79 Å². The van der Waals surface area contributed by atoms with Crippen molar-refractivity contribution in [2.45, 2.75) is 12.5 Å². The molecule has 0 fully saturated rings. The minimum atomic E-state index is -0.278. The lowest BCUT2D eigenvalue weighted by Crippen LogP contribution is -2.31. The number of thioether (sulfide) groups is 1. The van der Waals surface area contributed by atoms with E-state index >= 15 is 0 Å². The third-order valence-electron chi connectivity index (χ3n) is 4.31. The molecule has 1 N–H and O–H groups in total. The number of hydrogen-bond acceptors (Lipinski definition) is 7. The highest BCUT2D eigenvalue weighted by molar-refractivity contribution is 7.98. The van der Waals surface area contributed by atoms with E-state index in [1.54, 1.807) is 23.9 Å². The van der Waals surface area contributed by atoms with Gasteiger partial charge in [0.2, 0.25) is 0 Å². The molecular formula is C18H18N8OS. The fourth-order valence-electron chi connectivity index (χ4n) is 2.97. The molecule has 3 heterocycles. The molecule has 0 saturated heterocycles. The van der Waals surface area contributed by atoms with Gasteiger partial charge >= 0.3 is 0 Å². The van der Waals surface area contributed by atoms with Crippen LogP contribution >= 0.6 is 11.8 Å². The largest absolute Gasteiger partial charge is 0.342 e. The molecular weight excluding hydrogens is 376 g/mol. The lowest BCUT2D eigenvalue weighted by atomic mass is 10.1. The zero-order valence-corrected chi connectivity index (χ0v) is 16.0. The van der Waals surface area contributed by atoms with Crippen molar-refractivity contribution in [3.8, 4) is 5.69 Å². The van der Waals surface area contributed by atoms with Gasteiger partial charge in [-0.1, -0.05) is 18.2 Å². The monoisotopic (exact) mass is 394 g/mol. The Bertz CT molecular complexity index is 1080. The maximum absolute atomic E-state index is 13.1. The average molecular weight is 394 g/mol. The Morgan fingerprint density at radius 3 is 2.86 bits per heavy atom. The molecule has 4 aromatic rings. The predicted octanol–water partition coefficient (Wildman–Crippen LogP) is 1.93. The van der Waals surface area contributed by atoms with Crippen molar-refractivity contribution in [2.75, 3.05) is 12.0 Å². The van der Waals surface area contributed by atoms with Crippen LogP contribution in [-0.2, 0) is 0 Å². The third-order valence-corrected chi connectivity index (χ3v) is 4.96. The number of rotatable bonds is 7. The summed E-state index contributed by atoms with van der Waals surface area (Å²) in [6.45, 7) is 0. The lowest BCUT2D eigenvalue weighted by molar-refractivity contribution is 0.0933. The number of benzene rings is 1. The Morgan fingerprint density at radius 2 is 2.04 bits per heavy atom. The van der Waals surface area contributed by atoms with Gasteiger partial charge in [-0.15, -0.1) is 15.3 Å². The van der Waals surface area contributed by atoms with E-state index in [1.165, 1.54) is 11.0 Å². The van der Waals surface area contributed by atoms with Crippen LogP contribution in [0.25, 0.3) is 11.3 Å². The molecule has 0 aliphatic heterocycles. The molecule has 0 aliphatic carbocycles. The maximum Gasteiger partial charge on any atom is 0.254 e. The summed E-state index contributed by atoms with van der Waals surface area (Å²) in [6, 6.07) is 12.6. The number of aromatic nitrogens is 7. The maximum atomic E-state index is 13.1. The van der Waals surface area contributed by atoms with E-state index < -0.39 is 0 Å². The molecule has 0 radical (unpaired) electrons. The van der Waals surface area contributed by atoms with Gasteiger partial charge in [-0.2, -0.15) is 16.4 Å². The molecule has 0 saturated carbocycles. The van der Waals surface area contributed by atoms with Crippen molar-refractivity contribution >= 4 is 23.3 Å². The van der Waals surface area contributed by atoms with Crippen molar-refractivity contribution in [2.24, 2.45) is 0 Å². The normalized spacial score (nSPS) is 12.2. The summed E-state index contributed by atoms with van der Waals surface area (Å²) < 4.78 is 3.37. The highest BCUT2D eigenvalue weighted by Crippen LogP contribution is 2.20. The Hall–Kier alpha value is -3.27. The summed E-state index contributed by atoms with van der Waals surface area (Å²) in [5.41, 5.74) is 1.84. The van der Waals surface area contributed by atoms with Crippen LogP contribution in [0.15, 0.2) is 55.0 Å². The van der Waals surface area contributed by atoms with E-state index in [9.17, 15) is 4.79 Å². The first-order valence-corrected chi connectivity index (χ1v) is 10.1. The van der Waals surface area contributed by atoms with Crippen molar-refractivity contribution in [1.29, 1.82) is 0 Å². The Labute approximate surface area is 165 Å². The lowest BCUT2D eigenvalue weighted by Gasteiger charge is -2.18. The third kappa shape index (κ3) is 3.58. The van der Waals surface area contributed by atoms with E-state index in [1.807, 2.05) is 47.2 Å². The SMILES string of the molecule is CSCC[C@H](NC(=O)c1ccccc1-n1cnnn1)c1nnc2ccccn12. The minimum Gasteiger partial charge on any atom is -0.342 e. The zero-order chi connectivity index (χ0) is 19.3. The highest BCUT2D eigenvalue weighted by Gasteiger charge is 2.22. The van der Waals surface area contributed by atoms with Crippen LogP contribution in [0.2, 0.25) is 0 Å². The molecule has 4 rings (SSSR count). The molecule has 0 bridgehead atoms. The summed E-state index contributed by atoms with van der Waals surface area (Å²) in [5.74, 6) is 1.37. The van der Waals surface area contributed by atoms with E-state index in [0.717, 1.165) is 17.8 Å². The number of amides is 1. The first-order chi connectivity index (χ1) is 13.8. The highest BCUT2D eigenvalue weighted by atomic mass is 32.2. The van der Waals surface area contributed by atoms with Gasteiger partial charge in [-0.05, 0) is 53.1 Å². The smallest absolute Gasteiger partial charge is 0.254 e. The predicted molar refractivity (Wildman–Crippen MR) is 105 cm³/mol. The molecule has 28 heavy (non-hydrogen) atoms. The van der Waals surface area contributed by atoms with Gasteiger partial charge in [0.1, 0.15) is 6.33 Å². The number of para-hydroxylation sites is 1. The van der Waals surface area contributed by atoms with Crippen LogP contribution in [-0.4, -0.2) is 52.7 Å². The van der Waals surface area contributed by atoms with E-state index in [-0.39, 0.29) is 11.9 Å². The van der Waals surface area contributed by atoms with Crippen LogP contribution in [0.4, 0.5) is 0 Å². The van der Waals surface area contributed by atoms with Crippen LogP contribution in [0.5, 0.6) is 0 Å². The molecule has 3 aromatic heterocycles. The first-order valence-electron chi connectivity index (χ1n) is 8.70. The second-order valence-corrected chi connectivity index (χ2v) is 7.05. The van der Waals surface area contributed by atoms with Gasteiger partial charge in [0.05, 0.1) is 17.3 Å². The van der Waals surface area contributed by atoms with Gasteiger partial charge in [0.25, 0.3) is 5.91 Å². The summed E-state index contributed by atoms with van der Waals surface area (Å²) >= 11 is 1.72. The second kappa shape index (κ2) is 8.17. The summed E-state index contributed by atoms with van der Waals surface area (Å²) in [6.07, 6.45) is 6.13. The molecule has 1 amide bonds. The summed E-state index contributed by atoms with van der Waals surface area (Å²) in [4.78, 5) is 13.1. The fraction of sp³-hybridized carbons (Fsp3) is 0.222. The van der Waals surface area contributed by atoms with Crippen LogP contribution in [0, 0.1) is 0 Å². The molecule has 1 atom stereocenters. The molecule has 9 nitrogen and oxygen atoms in total. The van der Waals surface area contributed by atoms with Gasteiger partial charge < -0.3 is 5.32 Å². The molecule has 0 unspecified atom stereocenters. The van der Waals surface area contributed by atoms with E-state index in [2.05, 4.69) is 31.0 Å². The average Bonchev–Trinajstić information content (AvgIpc) is 3.41. The van der Waals surface area contributed by atoms with Crippen LogP contribution < -0.4 is 5.32 Å². The molecule has 0 aliphatic rings. The van der Waals surface area contributed by atoms with E-state index in [4.69, 9.17) is 0 Å².